The predicted molar refractivity (Wildman–Crippen MR) is 76.8 cm³/mol. The van der Waals surface area contributed by atoms with Crippen LogP contribution in [0.2, 0.25) is 5.15 Å². The molecule has 102 valence electrons. The van der Waals surface area contributed by atoms with Crippen molar-refractivity contribution in [2.24, 2.45) is 0 Å². The van der Waals surface area contributed by atoms with Gasteiger partial charge in [0, 0.05) is 24.2 Å². The van der Waals surface area contributed by atoms with Gasteiger partial charge in [-0.2, -0.15) is 4.31 Å². The molecule has 0 fully saturated rings. The molecule has 7 heteroatoms. The number of thiophene rings is 1. The fourth-order valence-corrected chi connectivity index (χ4v) is 3.89. The highest BCUT2D eigenvalue weighted by molar-refractivity contribution is 7.89. The maximum absolute atomic E-state index is 12.4. The summed E-state index contributed by atoms with van der Waals surface area (Å²) in [4.78, 5) is 4.99. The van der Waals surface area contributed by atoms with Crippen LogP contribution in [0.1, 0.15) is 11.8 Å². The molecule has 0 saturated heterocycles. The van der Waals surface area contributed by atoms with Crippen molar-refractivity contribution in [2.45, 2.75) is 18.4 Å². The number of halogens is 1. The first-order valence-electron chi connectivity index (χ1n) is 5.68. The minimum absolute atomic E-state index is 0.162. The molecule has 4 nitrogen and oxygen atoms in total. The van der Waals surface area contributed by atoms with E-state index in [1.807, 2.05) is 24.4 Å². The summed E-state index contributed by atoms with van der Waals surface area (Å²) in [5.74, 6) is 0. The molecular weight excluding hydrogens is 304 g/mol. The molecule has 0 aliphatic heterocycles. The largest absolute Gasteiger partial charge is 0.244 e. The number of hydrogen-bond acceptors (Lipinski definition) is 4. The van der Waals surface area contributed by atoms with Gasteiger partial charge in [-0.25, -0.2) is 13.4 Å². The highest BCUT2D eigenvalue weighted by Gasteiger charge is 2.23. The quantitative estimate of drug-likeness (QED) is 0.797. The van der Waals surface area contributed by atoms with E-state index in [1.54, 1.807) is 0 Å². The van der Waals surface area contributed by atoms with Gasteiger partial charge in [0.05, 0.1) is 0 Å². The Labute approximate surface area is 121 Å². The van der Waals surface area contributed by atoms with Crippen LogP contribution in [-0.4, -0.2) is 24.3 Å². The number of sulfonamides is 1. The van der Waals surface area contributed by atoms with Gasteiger partial charge in [0.15, 0.2) is 0 Å². The van der Waals surface area contributed by atoms with Crippen LogP contribution in [0.15, 0.2) is 40.7 Å². The molecule has 0 aliphatic rings. The van der Waals surface area contributed by atoms with Crippen molar-refractivity contribution in [1.29, 1.82) is 0 Å². The standard InChI is InChI=1S/C12H13ClN2O2S2/c1-2-15(9-10-4-3-7-18-10)19(16,17)11-5-6-12(13)14-8-11/h3-8H,2,9H2,1H3. The zero-order valence-electron chi connectivity index (χ0n) is 10.3. The molecule has 0 aromatic carbocycles. The highest BCUT2D eigenvalue weighted by atomic mass is 35.5. The van der Waals surface area contributed by atoms with Gasteiger partial charge in [-0.15, -0.1) is 11.3 Å². The maximum Gasteiger partial charge on any atom is 0.244 e. The Bertz CT molecular complexity index is 624. The molecule has 0 spiro atoms. The first-order valence-corrected chi connectivity index (χ1v) is 8.38. The van der Waals surface area contributed by atoms with Crippen LogP contribution in [0.4, 0.5) is 0 Å². The fourth-order valence-electron chi connectivity index (χ4n) is 1.61. The van der Waals surface area contributed by atoms with Crippen molar-refractivity contribution < 1.29 is 8.42 Å². The molecule has 2 aromatic heterocycles. The number of rotatable bonds is 5. The molecule has 2 heterocycles. The SMILES string of the molecule is CCN(Cc1cccs1)S(=O)(=O)c1ccc(Cl)nc1. The van der Waals surface area contributed by atoms with Crippen LogP contribution in [0.3, 0.4) is 0 Å². The molecule has 19 heavy (non-hydrogen) atoms. The Morgan fingerprint density at radius 1 is 1.37 bits per heavy atom. The zero-order chi connectivity index (χ0) is 13.9. The average Bonchev–Trinajstić information content (AvgIpc) is 2.89. The first kappa shape index (κ1) is 14.5. The highest BCUT2D eigenvalue weighted by Crippen LogP contribution is 2.20. The summed E-state index contributed by atoms with van der Waals surface area (Å²) in [6.07, 6.45) is 1.29. The van der Waals surface area contributed by atoms with Crippen LogP contribution in [0.25, 0.3) is 0 Å². The molecule has 0 radical (unpaired) electrons. The van der Waals surface area contributed by atoms with Crippen LogP contribution in [-0.2, 0) is 16.6 Å². The molecule has 0 bridgehead atoms. The molecule has 0 saturated carbocycles. The van der Waals surface area contributed by atoms with E-state index in [-0.39, 0.29) is 10.0 Å². The second kappa shape index (κ2) is 6.00. The van der Waals surface area contributed by atoms with Crippen LogP contribution in [0, 0.1) is 0 Å². The summed E-state index contributed by atoms with van der Waals surface area (Å²) in [5, 5.41) is 2.21. The van der Waals surface area contributed by atoms with E-state index in [4.69, 9.17) is 11.6 Å². The van der Waals surface area contributed by atoms with Gasteiger partial charge in [0.1, 0.15) is 10.0 Å². The molecule has 0 aliphatic carbocycles. The summed E-state index contributed by atoms with van der Waals surface area (Å²) in [6.45, 7) is 2.59. The number of aromatic nitrogens is 1. The zero-order valence-corrected chi connectivity index (χ0v) is 12.7. The van der Waals surface area contributed by atoms with Gasteiger partial charge in [0.25, 0.3) is 0 Å². The third-order valence-corrected chi connectivity index (χ3v) is 5.59. The second-order valence-electron chi connectivity index (χ2n) is 3.83. The molecule has 0 atom stereocenters. The smallest absolute Gasteiger partial charge is 0.243 e. The summed E-state index contributed by atoms with van der Waals surface area (Å²) in [5.41, 5.74) is 0. The van der Waals surface area contributed by atoms with Crippen molar-refractivity contribution in [2.75, 3.05) is 6.54 Å². The van der Waals surface area contributed by atoms with Gasteiger partial charge >= 0.3 is 0 Å². The van der Waals surface area contributed by atoms with E-state index in [1.165, 1.54) is 34.0 Å². The van der Waals surface area contributed by atoms with Gasteiger partial charge in [-0.1, -0.05) is 24.6 Å². The Morgan fingerprint density at radius 3 is 2.68 bits per heavy atom. The Kier molecular flexibility index (Phi) is 4.57. The average molecular weight is 317 g/mol. The Hall–Kier alpha value is -0.950. The maximum atomic E-state index is 12.4. The third kappa shape index (κ3) is 3.33. The van der Waals surface area contributed by atoms with Crippen molar-refractivity contribution >= 4 is 33.0 Å². The fraction of sp³-hybridized carbons (Fsp3) is 0.250. The van der Waals surface area contributed by atoms with E-state index in [0.29, 0.717) is 13.1 Å². The monoisotopic (exact) mass is 316 g/mol. The molecule has 0 amide bonds. The number of hydrogen-bond donors (Lipinski definition) is 0. The number of nitrogens with zero attached hydrogens (tertiary/aromatic N) is 2. The Balaban J connectivity index is 2.28. The minimum atomic E-state index is -3.53. The minimum Gasteiger partial charge on any atom is -0.243 e. The first-order chi connectivity index (χ1) is 9.04. The second-order valence-corrected chi connectivity index (χ2v) is 7.18. The normalized spacial score (nSPS) is 11.9. The van der Waals surface area contributed by atoms with Crippen LogP contribution in [0.5, 0.6) is 0 Å². The van der Waals surface area contributed by atoms with E-state index in [2.05, 4.69) is 4.98 Å². The van der Waals surface area contributed by atoms with Gasteiger partial charge in [0.2, 0.25) is 10.0 Å². The predicted octanol–water partition coefficient (Wildman–Crippen LogP) is 3.01. The number of pyridine rings is 1. The lowest BCUT2D eigenvalue weighted by Gasteiger charge is -2.19. The third-order valence-electron chi connectivity index (χ3n) is 2.60. The Morgan fingerprint density at radius 2 is 2.16 bits per heavy atom. The summed E-state index contributed by atoms with van der Waals surface area (Å²) in [6, 6.07) is 6.78. The molecule has 0 unspecified atom stereocenters. The molecule has 0 N–H and O–H groups in total. The van der Waals surface area contributed by atoms with Crippen molar-refractivity contribution in [3.63, 3.8) is 0 Å². The van der Waals surface area contributed by atoms with Crippen LogP contribution < -0.4 is 0 Å². The topological polar surface area (TPSA) is 50.3 Å². The van der Waals surface area contributed by atoms with Gasteiger partial charge in [-0.3, -0.25) is 0 Å². The van der Waals surface area contributed by atoms with E-state index in [0.717, 1.165) is 4.88 Å². The van der Waals surface area contributed by atoms with Crippen LogP contribution >= 0.6 is 22.9 Å². The van der Waals surface area contributed by atoms with E-state index < -0.39 is 10.0 Å². The van der Waals surface area contributed by atoms with Gasteiger partial charge < -0.3 is 0 Å². The molecule has 2 aromatic rings. The van der Waals surface area contributed by atoms with E-state index >= 15 is 0 Å². The molecule has 2 rings (SSSR count). The van der Waals surface area contributed by atoms with Gasteiger partial charge in [-0.05, 0) is 23.6 Å². The lowest BCUT2D eigenvalue weighted by atomic mass is 10.4. The summed E-state index contributed by atoms with van der Waals surface area (Å²) < 4.78 is 26.3. The lowest BCUT2D eigenvalue weighted by Crippen LogP contribution is -2.30. The summed E-state index contributed by atoms with van der Waals surface area (Å²) >= 11 is 7.21. The lowest BCUT2D eigenvalue weighted by molar-refractivity contribution is 0.426. The molecular formula is C12H13ClN2O2S2. The summed E-state index contributed by atoms with van der Waals surface area (Å²) in [7, 11) is -3.53. The van der Waals surface area contributed by atoms with Crippen molar-refractivity contribution in [3.8, 4) is 0 Å². The van der Waals surface area contributed by atoms with Crippen molar-refractivity contribution in [1.82, 2.24) is 9.29 Å². The van der Waals surface area contributed by atoms with E-state index in [9.17, 15) is 8.42 Å². The van der Waals surface area contributed by atoms with Crippen molar-refractivity contribution in [3.05, 3.63) is 45.9 Å².